The molecule has 0 spiro atoms. The van der Waals surface area contributed by atoms with Gasteiger partial charge < -0.3 is 22.1 Å². The molecule has 0 radical (unpaired) electrons. The van der Waals surface area contributed by atoms with E-state index in [9.17, 15) is 9.59 Å². The SMILES string of the molecule is Cc1nc(N)ccc1CNC(=O)C(Cc1ccc(Cl)c(Cl)c1)NC(=O)[C@@H](N)c1ccccc1. The molecule has 172 valence electrons. The zero-order chi connectivity index (χ0) is 24.0. The van der Waals surface area contributed by atoms with Crippen LogP contribution < -0.4 is 22.1 Å². The maximum Gasteiger partial charge on any atom is 0.243 e. The van der Waals surface area contributed by atoms with Crippen LogP contribution in [-0.4, -0.2) is 22.8 Å². The number of carbonyl (C=O) groups is 2. The molecule has 1 aromatic heterocycles. The van der Waals surface area contributed by atoms with Gasteiger partial charge in [0.25, 0.3) is 0 Å². The summed E-state index contributed by atoms with van der Waals surface area (Å²) >= 11 is 12.1. The third kappa shape index (κ3) is 6.68. The van der Waals surface area contributed by atoms with Gasteiger partial charge in [0.05, 0.1) is 10.0 Å². The zero-order valence-electron chi connectivity index (χ0n) is 18.0. The maximum absolute atomic E-state index is 13.1. The predicted molar refractivity (Wildman–Crippen MR) is 131 cm³/mol. The summed E-state index contributed by atoms with van der Waals surface area (Å²) in [6.07, 6.45) is 0.203. The second-order valence-corrected chi connectivity index (χ2v) is 8.41. The first kappa shape index (κ1) is 24.5. The number of benzene rings is 2. The molecule has 2 atom stereocenters. The minimum Gasteiger partial charge on any atom is -0.384 e. The van der Waals surface area contributed by atoms with E-state index in [1.165, 1.54) is 0 Å². The molecule has 2 aromatic carbocycles. The van der Waals surface area contributed by atoms with Gasteiger partial charge in [-0.25, -0.2) is 4.98 Å². The Kier molecular flexibility index (Phi) is 8.27. The molecule has 2 amide bonds. The van der Waals surface area contributed by atoms with Crippen LogP contribution in [0.1, 0.15) is 28.4 Å². The third-order valence-electron chi connectivity index (χ3n) is 5.17. The first-order valence-corrected chi connectivity index (χ1v) is 11.0. The Labute approximate surface area is 202 Å². The highest BCUT2D eigenvalue weighted by atomic mass is 35.5. The van der Waals surface area contributed by atoms with Crippen molar-refractivity contribution in [1.82, 2.24) is 15.6 Å². The Morgan fingerprint density at radius 1 is 1.00 bits per heavy atom. The van der Waals surface area contributed by atoms with Crippen molar-refractivity contribution in [3.63, 3.8) is 0 Å². The van der Waals surface area contributed by atoms with Crippen molar-refractivity contribution in [1.29, 1.82) is 0 Å². The molecular weight excluding hydrogens is 461 g/mol. The number of nitrogens with two attached hydrogens (primary N) is 2. The molecular formula is C24H25Cl2N5O2. The number of amides is 2. The molecule has 33 heavy (non-hydrogen) atoms. The van der Waals surface area contributed by atoms with E-state index in [1.54, 1.807) is 54.6 Å². The number of hydrogen-bond donors (Lipinski definition) is 4. The largest absolute Gasteiger partial charge is 0.384 e. The number of aromatic nitrogens is 1. The summed E-state index contributed by atoms with van der Waals surface area (Å²) in [6.45, 7) is 2.04. The Morgan fingerprint density at radius 3 is 2.39 bits per heavy atom. The van der Waals surface area contributed by atoms with Crippen LogP contribution in [0.3, 0.4) is 0 Å². The molecule has 6 N–H and O–H groups in total. The normalized spacial score (nSPS) is 12.6. The number of nitrogens with zero attached hydrogens (tertiary/aromatic N) is 1. The number of hydrogen-bond acceptors (Lipinski definition) is 5. The molecule has 0 aliphatic rings. The van der Waals surface area contributed by atoms with Crippen LogP contribution in [-0.2, 0) is 22.6 Å². The van der Waals surface area contributed by atoms with Gasteiger partial charge in [-0.3, -0.25) is 9.59 Å². The Morgan fingerprint density at radius 2 is 1.73 bits per heavy atom. The number of anilines is 1. The number of nitrogen functional groups attached to an aromatic ring is 1. The Bertz CT molecular complexity index is 1140. The summed E-state index contributed by atoms with van der Waals surface area (Å²) in [5.41, 5.74) is 14.7. The van der Waals surface area contributed by atoms with Crippen LogP contribution in [0, 0.1) is 6.92 Å². The highest BCUT2D eigenvalue weighted by molar-refractivity contribution is 6.42. The van der Waals surface area contributed by atoms with Gasteiger partial charge in [0.1, 0.15) is 17.9 Å². The van der Waals surface area contributed by atoms with Crippen molar-refractivity contribution < 1.29 is 9.59 Å². The molecule has 0 saturated heterocycles. The minimum atomic E-state index is -0.918. The topological polar surface area (TPSA) is 123 Å². The van der Waals surface area contributed by atoms with Crippen molar-refractivity contribution in [3.8, 4) is 0 Å². The zero-order valence-corrected chi connectivity index (χ0v) is 19.5. The minimum absolute atomic E-state index is 0.203. The molecule has 1 heterocycles. The van der Waals surface area contributed by atoms with Crippen LogP contribution in [0.15, 0.2) is 60.7 Å². The van der Waals surface area contributed by atoms with Crippen LogP contribution in [0.4, 0.5) is 5.82 Å². The standard InChI is InChI=1S/C24H25Cl2N5O2/c1-14-17(8-10-21(27)30-14)13-29-23(32)20(12-15-7-9-18(25)19(26)11-15)31-24(33)22(28)16-5-3-2-4-6-16/h2-11,20,22H,12-13,28H2,1H3,(H2,27,30)(H,29,32)(H,31,33)/t20?,22-/m0/s1. The van der Waals surface area contributed by atoms with Crippen molar-refractivity contribution in [3.05, 3.63) is 93.1 Å². The summed E-state index contributed by atoms with van der Waals surface area (Å²) in [4.78, 5) is 30.1. The summed E-state index contributed by atoms with van der Waals surface area (Å²) < 4.78 is 0. The molecule has 3 aromatic rings. The van der Waals surface area contributed by atoms with E-state index < -0.39 is 18.0 Å². The first-order chi connectivity index (χ1) is 15.7. The number of nitrogens with one attached hydrogen (secondary N) is 2. The summed E-state index contributed by atoms with van der Waals surface area (Å²) in [5, 5.41) is 6.40. The average molecular weight is 486 g/mol. The highest BCUT2D eigenvalue weighted by Gasteiger charge is 2.25. The van der Waals surface area contributed by atoms with Crippen molar-refractivity contribution >= 4 is 40.8 Å². The number of pyridine rings is 1. The highest BCUT2D eigenvalue weighted by Crippen LogP contribution is 2.23. The molecule has 0 aliphatic heterocycles. The van der Waals surface area contributed by atoms with E-state index in [2.05, 4.69) is 15.6 Å². The van der Waals surface area contributed by atoms with E-state index >= 15 is 0 Å². The lowest BCUT2D eigenvalue weighted by Crippen LogP contribution is -2.50. The molecule has 3 rings (SSSR count). The second-order valence-electron chi connectivity index (χ2n) is 7.60. The molecule has 1 unspecified atom stereocenters. The van der Waals surface area contributed by atoms with Gasteiger partial charge in [-0.1, -0.05) is 65.7 Å². The van der Waals surface area contributed by atoms with Crippen LogP contribution in [0.5, 0.6) is 0 Å². The lowest BCUT2D eigenvalue weighted by Gasteiger charge is -2.21. The van der Waals surface area contributed by atoms with E-state index in [0.29, 0.717) is 27.1 Å². The molecule has 0 fully saturated rings. The van der Waals surface area contributed by atoms with E-state index in [0.717, 1.165) is 11.1 Å². The van der Waals surface area contributed by atoms with Gasteiger partial charge in [0.15, 0.2) is 0 Å². The quantitative estimate of drug-likeness (QED) is 0.389. The van der Waals surface area contributed by atoms with Gasteiger partial charge in [0, 0.05) is 18.7 Å². The molecule has 0 saturated carbocycles. The Balaban J connectivity index is 1.76. The number of halogens is 2. The van der Waals surface area contributed by atoms with Crippen LogP contribution in [0.2, 0.25) is 10.0 Å². The van der Waals surface area contributed by atoms with E-state index in [1.807, 2.05) is 13.0 Å². The van der Waals surface area contributed by atoms with E-state index in [-0.39, 0.29) is 18.9 Å². The third-order valence-corrected chi connectivity index (χ3v) is 5.91. The molecule has 7 nitrogen and oxygen atoms in total. The lowest BCUT2D eigenvalue weighted by atomic mass is 10.0. The van der Waals surface area contributed by atoms with Gasteiger partial charge >= 0.3 is 0 Å². The molecule has 0 aliphatic carbocycles. The fourth-order valence-electron chi connectivity index (χ4n) is 3.29. The van der Waals surface area contributed by atoms with Crippen LogP contribution >= 0.6 is 23.2 Å². The van der Waals surface area contributed by atoms with Crippen molar-refractivity contribution in [2.45, 2.75) is 32.0 Å². The maximum atomic E-state index is 13.1. The number of carbonyl (C=O) groups excluding carboxylic acids is 2. The average Bonchev–Trinajstić information content (AvgIpc) is 2.80. The molecule has 9 heteroatoms. The fourth-order valence-corrected chi connectivity index (χ4v) is 3.61. The van der Waals surface area contributed by atoms with Crippen molar-refractivity contribution in [2.75, 3.05) is 5.73 Å². The number of rotatable bonds is 8. The lowest BCUT2D eigenvalue weighted by molar-refractivity contribution is -0.129. The Hall–Kier alpha value is -3.13. The van der Waals surface area contributed by atoms with Gasteiger partial charge in [-0.2, -0.15) is 0 Å². The fraction of sp³-hybridized carbons (Fsp3) is 0.208. The number of aryl methyl sites for hydroxylation is 1. The molecule has 0 bridgehead atoms. The smallest absolute Gasteiger partial charge is 0.243 e. The van der Waals surface area contributed by atoms with Crippen LogP contribution in [0.25, 0.3) is 0 Å². The summed E-state index contributed by atoms with van der Waals surface area (Å²) in [7, 11) is 0. The van der Waals surface area contributed by atoms with Gasteiger partial charge in [-0.15, -0.1) is 0 Å². The first-order valence-electron chi connectivity index (χ1n) is 10.3. The summed E-state index contributed by atoms with van der Waals surface area (Å²) in [6, 6.07) is 15.7. The predicted octanol–water partition coefficient (Wildman–Crippen LogP) is 3.32. The summed E-state index contributed by atoms with van der Waals surface area (Å²) in [5.74, 6) is -0.431. The van der Waals surface area contributed by atoms with Gasteiger partial charge in [0.2, 0.25) is 11.8 Å². The van der Waals surface area contributed by atoms with Gasteiger partial charge in [-0.05, 0) is 41.8 Å². The monoisotopic (exact) mass is 485 g/mol. The second kappa shape index (κ2) is 11.1. The van der Waals surface area contributed by atoms with E-state index in [4.69, 9.17) is 34.7 Å². The van der Waals surface area contributed by atoms with Crippen molar-refractivity contribution in [2.24, 2.45) is 5.73 Å².